The van der Waals surface area contributed by atoms with Crippen molar-refractivity contribution in [2.24, 2.45) is 0 Å². The van der Waals surface area contributed by atoms with Crippen molar-refractivity contribution < 1.29 is 19.6 Å². The summed E-state index contributed by atoms with van der Waals surface area (Å²) < 4.78 is 4.48. The zero-order valence-corrected chi connectivity index (χ0v) is 8.86. The molecule has 1 aromatic rings. The molecule has 0 amide bonds. The van der Waals surface area contributed by atoms with Crippen molar-refractivity contribution in [3.05, 3.63) is 28.8 Å². The van der Waals surface area contributed by atoms with Gasteiger partial charge in [0.25, 0.3) is 0 Å². The average Bonchev–Trinajstić information content (AvgIpc) is 2.20. The summed E-state index contributed by atoms with van der Waals surface area (Å²) >= 11 is 5.69. The Bertz CT molecular complexity index is 367. The van der Waals surface area contributed by atoms with Gasteiger partial charge in [-0.05, 0) is 23.2 Å². The number of halogens is 1. The second-order valence-electron chi connectivity index (χ2n) is 2.97. The molecule has 4 nitrogen and oxygen atoms in total. The van der Waals surface area contributed by atoms with Gasteiger partial charge in [0.05, 0.1) is 13.5 Å². The Morgan fingerprint density at radius 1 is 1.53 bits per heavy atom. The van der Waals surface area contributed by atoms with Crippen molar-refractivity contribution in [3.63, 3.8) is 0 Å². The molecule has 0 heterocycles. The number of benzene rings is 1. The molecule has 0 spiro atoms. The zero-order chi connectivity index (χ0) is 11.4. The van der Waals surface area contributed by atoms with Crippen LogP contribution in [0.3, 0.4) is 0 Å². The van der Waals surface area contributed by atoms with Crippen LogP contribution in [0.4, 0.5) is 0 Å². The number of rotatable bonds is 3. The van der Waals surface area contributed by atoms with E-state index >= 15 is 0 Å². The predicted octanol–water partition coefficient (Wildman–Crippen LogP) is -0.265. The summed E-state index contributed by atoms with van der Waals surface area (Å²) in [4.78, 5) is 11.0. The summed E-state index contributed by atoms with van der Waals surface area (Å²) in [5.41, 5.74) is 0.703. The summed E-state index contributed by atoms with van der Waals surface area (Å²) in [5, 5.41) is 18.5. The summed E-state index contributed by atoms with van der Waals surface area (Å²) in [6.45, 7) is 0. The molecule has 6 heteroatoms. The van der Waals surface area contributed by atoms with E-state index in [1.54, 1.807) is 12.1 Å². The number of esters is 1. The monoisotopic (exact) mass is 228 g/mol. The van der Waals surface area contributed by atoms with Gasteiger partial charge in [0, 0.05) is 5.02 Å². The fourth-order valence-corrected chi connectivity index (χ4v) is 1.38. The van der Waals surface area contributed by atoms with E-state index in [-0.39, 0.29) is 11.9 Å². The summed E-state index contributed by atoms with van der Waals surface area (Å²) in [7, 11) is -0.379. The molecule has 2 N–H and O–H groups in total. The molecule has 0 bridgehead atoms. The first-order chi connectivity index (χ1) is 7.04. The van der Waals surface area contributed by atoms with Crippen LogP contribution < -0.4 is 5.46 Å². The van der Waals surface area contributed by atoms with E-state index in [2.05, 4.69) is 4.74 Å². The molecular formula is C9H10BClO4. The molecule has 1 aromatic carbocycles. The minimum absolute atomic E-state index is 0.0133. The first kappa shape index (κ1) is 12.0. The molecule has 0 fully saturated rings. The van der Waals surface area contributed by atoms with Crippen LogP contribution in [-0.4, -0.2) is 30.2 Å². The van der Waals surface area contributed by atoms with Crippen LogP contribution in [0, 0.1) is 0 Å². The number of hydrogen-bond donors (Lipinski definition) is 2. The SMILES string of the molecule is COC(=O)Cc1ccc(Cl)cc1B(O)O. The Balaban J connectivity index is 3.00. The van der Waals surface area contributed by atoms with Crippen molar-refractivity contribution in [3.8, 4) is 0 Å². The van der Waals surface area contributed by atoms with Crippen LogP contribution >= 0.6 is 11.6 Å². The first-order valence-electron chi connectivity index (χ1n) is 4.26. The average molecular weight is 228 g/mol. The number of methoxy groups -OCH3 is 1. The van der Waals surface area contributed by atoms with Crippen molar-refractivity contribution in [1.29, 1.82) is 0 Å². The molecule has 0 aromatic heterocycles. The van der Waals surface area contributed by atoms with Gasteiger partial charge in [0.15, 0.2) is 0 Å². The van der Waals surface area contributed by atoms with Crippen molar-refractivity contribution in [2.75, 3.05) is 7.11 Å². The third kappa shape index (κ3) is 3.23. The van der Waals surface area contributed by atoms with Gasteiger partial charge in [-0.15, -0.1) is 0 Å². The second-order valence-corrected chi connectivity index (χ2v) is 3.41. The Labute approximate surface area is 92.6 Å². The van der Waals surface area contributed by atoms with E-state index in [1.165, 1.54) is 13.2 Å². The Morgan fingerprint density at radius 3 is 2.73 bits per heavy atom. The van der Waals surface area contributed by atoms with Gasteiger partial charge in [0.2, 0.25) is 0 Å². The molecule has 0 aliphatic rings. The number of carbonyl (C=O) groups is 1. The van der Waals surface area contributed by atoms with Crippen LogP contribution in [0.25, 0.3) is 0 Å². The van der Waals surface area contributed by atoms with Gasteiger partial charge in [-0.2, -0.15) is 0 Å². The fourth-order valence-electron chi connectivity index (χ4n) is 1.19. The minimum Gasteiger partial charge on any atom is -0.469 e. The molecule has 0 saturated heterocycles. The van der Waals surface area contributed by atoms with Crippen LogP contribution in [0.1, 0.15) is 5.56 Å². The molecule has 0 unspecified atom stereocenters. The van der Waals surface area contributed by atoms with Gasteiger partial charge >= 0.3 is 13.1 Å². The van der Waals surface area contributed by atoms with Crippen LogP contribution in [0.2, 0.25) is 5.02 Å². The van der Waals surface area contributed by atoms with Gasteiger partial charge < -0.3 is 14.8 Å². The minimum atomic E-state index is -1.65. The lowest BCUT2D eigenvalue weighted by molar-refractivity contribution is -0.139. The number of carbonyl (C=O) groups excluding carboxylic acids is 1. The fraction of sp³-hybridized carbons (Fsp3) is 0.222. The molecule has 0 atom stereocenters. The summed E-state index contributed by atoms with van der Waals surface area (Å²) in [6.07, 6.45) is -0.0133. The maximum Gasteiger partial charge on any atom is 0.488 e. The molecule has 0 aliphatic carbocycles. The van der Waals surface area contributed by atoms with E-state index in [1.807, 2.05) is 0 Å². The first-order valence-corrected chi connectivity index (χ1v) is 4.63. The van der Waals surface area contributed by atoms with Gasteiger partial charge in [-0.25, -0.2) is 0 Å². The van der Waals surface area contributed by atoms with E-state index < -0.39 is 13.1 Å². The van der Waals surface area contributed by atoms with Crippen molar-refractivity contribution in [2.45, 2.75) is 6.42 Å². The standard InChI is InChI=1S/C9H10BClO4/c1-15-9(12)4-6-2-3-7(11)5-8(6)10(13)14/h2-3,5,13-14H,4H2,1H3. The normalized spacial score (nSPS) is 9.87. The summed E-state index contributed by atoms with van der Waals surface area (Å²) in [5.74, 6) is -0.445. The molecule has 80 valence electrons. The van der Waals surface area contributed by atoms with Gasteiger partial charge in [-0.3, -0.25) is 4.79 Å². The van der Waals surface area contributed by atoms with Crippen molar-refractivity contribution in [1.82, 2.24) is 0 Å². The lowest BCUT2D eigenvalue weighted by atomic mass is 9.76. The van der Waals surface area contributed by atoms with Crippen LogP contribution in [0.5, 0.6) is 0 Å². The Hall–Kier alpha value is -1.04. The highest BCUT2D eigenvalue weighted by molar-refractivity contribution is 6.59. The van der Waals surface area contributed by atoms with E-state index in [9.17, 15) is 4.79 Å². The molecule has 0 radical (unpaired) electrons. The lowest BCUT2D eigenvalue weighted by Gasteiger charge is -2.08. The highest BCUT2D eigenvalue weighted by Crippen LogP contribution is 2.09. The topological polar surface area (TPSA) is 66.8 Å². The van der Waals surface area contributed by atoms with Gasteiger partial charge in [0.1, 0.15) is 0 Å². The van der Waals surface area contributed by atoms with Crippen molar-refractivity contribution >= 4 is 30.2 Å². The molecular weight excluding hydrogens is 218 g/mol. The largest absolute Gasteiger partial charge is 0.488 e. The third-order valence-electron chi connectivity index (χ3n) is 1.95. The van der Waals surface area contributed by atoms with Gasteiger partial charge in [-0.1, -0.05) is 17.7 Å². The Morgan fingerprint density at radius 2 is 2.20 bits per heavy atom. The van der Waals surface area contributed by atoms with E-state index in [0.29, 0.717) is 10.6 Å². The maximum atomic E-state index is 11.0. The maximum absolute atomic E-state index is 11.0. The summed E-state index contributed by atoms with van der Waals surface area (Å²) in [6, 6.07) is 4.55. The van der Waals surface area contributed by atoms with Crippen LogP contribution in [-0.2, 0) is 16.0 Å². The highest BCUT2D eigenvalue weighted by Gasteiger charge is 2.18. The highest BCUT2D eigenvalue weighted by atomic mass is 35.5. The Kier molecular flexibility index (Phi) is 4.14. The molecule has 15 heavy (non-hydrogen) atoms. The predicted molar refractivity (Wildman–Crippen MR) is 57.0 cm³/mol. The molecule has 0 aliphatic heterocycles. The van der Waals surface area contributed by atoms with E-state index in [4.69, 9.17) is 21.6 Å². The quantitative estimate of drug-likeness (QED) is 0.552. The number of ether oxygens (including phenoxy) is 1. The second kappa shape index (κ2) is 5.16. The smallest absolute Gasteiger partial charge is 0.469 e. The number of hydrogen-bond acceptors (Lipinski definition) is 4. The third-order valence-corrected chi connectivity index (χ3v) is 2.18. The van der Waals surface area contributed by atoms with E-state index in [0.717, 1.165) is 0 Å². The zero-order valence-electron chi connectivity index (χ0n) is 8.11. The molecule has 0 saturated carbocycles. The lowest BCUT2D eigenvalue weighted by Crippen LogP contribution is -2.34. The molecule has 1 rings (SSSR count). The van der Waals surface area contributed by atoms with Crippen LogP contribution in [0.15, 0.2) is 18.2 Å².